The minimum absolute atomic E-state index is 0.0700. The molecular formula is C18H17IN2O. The van der Waals surface area contributed by atoms with Gasteiger partial charge in [-0.05, 0) is 66.6 Å². The van der Waals surface area contributed by atoms with Crippen molar-refractivity contribution in [1.82, 2.24) is 9.38 Å². The van der Waals surface area contributed by atoms with Crippen LogP contribution in [0.3, 0.4) is 0 Å². The second kappa shape index (κ2) is 4.80. The molecule has 0 bridgehead atoms. The number of nitrogens with zero attached hydrogens (tertiary/aromatic N) is 2. The van der Waals surface area contributed by atoms with E-state index in [9.17, 15) is 0 Å². The van der Waals surface area contributed by atoms with Gasteiger partial charge in [-0.15, -0.1) is 0 Å². The second-order valence-electron chi connectivity index (χ2n) is 6.25. The molecule has 0 saturated carbocycles. The third-order valence-corrected chi connectivity index (χ3v) is 4.99. The fraction of sp³-hybridized carbons (Fsp3) is 0.278. The smallest absolute Gasteiger partial charge is 0.137 e. The van der Waals surface area contributed by atoms with Gasteiger partial charge in [-0.2, -0.15) is 0 Å². The van der Waals surface area contributed by atoms with Crippen LogP contribution in [0.15, 0.2) is 42.6 Å². The fourth-order valence-electron chi connectivity index (χ4n) is 3.37. The Balaban J connectivity index is 1.98. The van der Waals surface area contributed by atoms with E-state index in [0.29, 0.717) is 0 Å². The van der Waals surface area contributed by atoms with Crippen molar-refractivity contribution in [3.05, 3.63) is 68.7 Å². The van der Waals surface area contributed by atoms with Gasteiger partial charge in [-0.25, -0.2) is 4.98 Å². The van der Waals surface area contributed by atoms with Crippen molar-refractivity contribution in [2.45, 2.75) is 32.5 Å². The highest BCUT2D eigenvalue weighted by Gasteiger charge is 2.40. The number of hydrogen-bond acceptors (Lipinski definition) is 2. The third-order valence-electron chi connectivity index (χ3n) is 4.36. The minimum Gasteiger partial charge on any atom is -0.357 e. The van der Waals surface area contributed by atoms with E-state index in [1.807, 2.05) is 0 Å². The zero-order valence-electron chi connectivity index (χ0n) is 12.8. The molecule has 1 aliphatic heterocycles. The van der Waals surface area contributed by atoms with Crippen molar-refractivity contribution in [1.29, 1.82) is 0 Å². The summed E-state index contributed by atoms with van der Waals surface area (Å²) in [5, 5.41) is 0. The van der Waals surface area contributed by atoms with Crippen molar-refractivity contribution < 1.29 is 4.74 Å². The van der Waals surface area contributed by atoms with Crippen LogP contribution < -0.4 is 0 Å². The number of ether oxygens (including phenoxy) is 1. The maximum Gasteiger partial charge on any atom is 0.137 e. The van der Waals surface area contributed by atoms with Crippen molar-refractivity contribution in [3.8, 4) is 0 Å². The number of benzene rings is 1. The molecule has 4 rings (SSSR count). The molecule has 22 heavy (non-hydrogen) atoms. The molecule has 0 radical (unpaired) electrons. The van der Waals surface area contributed by atoms with E-state index in [1.54, 1.807) is 0 Å². The number of aryl methyl sites for hydroxylation is 1. The maximum absolute atomic E-state index is 6.43. The summed E-state index contributed by atoms with van der Waals surface area (Å²) in [4.78, 5) is 4.70. The lowest BCUT2D eigenvalue weighted by atomic mass is 9.94. The van der Waals surface area contributed by atoms with Gasteiger partial charge in [-0.1, -0.05) is 24.3 Å². The number of rotatable bonds is 1. The van der Waals surface area contributed by atoms with Gasteiger partial charge in [-0.3, -0.25) is 4.40 Å². The first kappa shape index (κ1) is 14.2. The third kappa shape index (κ3) is 2.01. The summed E-state index contributed by atoms with van der Waals surface area (Å²) in [5.41, 5.74) is 5.36. The number of imidazole rings is 1. The molecule has 0 aliphatic carbocycles. The lowest BCUT2D eigenvalue weighted by Crippen LogP contribution is -2.16. The van der Waals surface area contributed by atoms with Crippen LogP contribution in [0.1, 0.15) is 42.5 Å². The first-order valence-electron chi connectivity index (χ1n) is 7.39. The van der Waals surface area contributed by atoms with E-state index in [2.05, 4.69) is 90.4 Å². The highest BCUT2D eigenvalue weighted by atomic mass is 127. The Kier molecular flexibility index (Phi) is 3.10. The molecule has 1 aromatic carbocycles. The van der Waals surface area contributed by atoms with E-state index >= 15 is 0 Å². The van der Waals surface area contributed by atoms with E-state index in [1.165, 1.54) is 14.7 Å². The highest BCUT2D eigenvalue weighted by molar-refractivity contribution is 14.1. The molecule has 1 unspecified atom stereocenters. The maximum atomic E-state index is 6.43. The second-order valence-corrected chi connectivity index (χ2v) is 7.50. The molecule has 3 nitrogen and oxygen atoms in total. The summed E-state index contributed by atoms with van der Waals surface area (Å²) < 4.78 is 9.78. The lowest BCUT2D eigenvalue weighted by molar-refractivity contribution is -0.0362. The van der Waals surface area contributed by atoms with Gasteiger partial charge >= 0.3 is 0 Å². The molecule has 2 aromatic heterocycles. The van der Waals surface area contributed by atoms with E-state index in [-0.39, 0.29) is 11.7 Å². The van der Waals surface area contributed by atoms with Gasteiger partial charge in [0.1, 0.15) is 11.8 Å². The quantitative estimate of drug-likeness (QED) is 0.555. The topological polar surface area (TPSA) is 26.5 Å². The van der Waals surface area contributed by atoms with E-state index < -0.39 is 0 Å². The van der Waals surface area contributed by atoms with Crippen LogP contribution in [0.4, 0.5) is 0 Å². The number of pyridine rings is 1. The van der Waals surface area contributed by atoms with Gasteiger partial charge in [0.2, 0.25) is 0 Å². The predicted molar refractivity (Wildman–Crippen MR) is 95.0 cm³/mol. The molecule has 0 fully saturated rings. The Morgan fingerprint density at radius 1 is 1.18 bits per heavy atom. The summed E-state index contributed by atoms with van der Waals surface area (Å²) in [5.74, 6) is 0. The number of fused-ring (bicyclic) bond motifs is 2. The molecular weight excluding hydrogens is 387 g/mol. The average molecular weight is 404 g/mol. The van der Waals surface area contributed by atoms with Crippen LogP contribution in [0.5, 0.6) is 0 Å². The van der Waals surface area contributed by atoms with Gasteiger partial charge in [0.05, 0.1) is 17.0 Å². The van der Waals surface area contributed by atoms with Crippen molar-refractivity contribution in [2.75, 3.05) is 0 Å². The molecule has 0 amide bonds. The zero-order valence-corrected chi connectivity index (χ0v) is 15.0. The molecule has 112 valence electrons. The fourth-order valence-corrected chi connectivity index (χ4v) is 3.83. The number of aromatic nitrogens is 2. The normalized spacial score (nSPS) is 19.5. The van der Waals surface area contributed by atoms with E-state index in [4.69, 9.17) is 9.72 Å². The summed E-state index contributed by atoms with van der Waals surface area (Å²) >= 11 is 2.33. The molecule has 3 aromatic rings. The van der Waals surface area contributed by atoms with Crippen LogP contribution >= 0.6 is 22.6 Å². The zero-order chi connectivity index (χ0) is 15.5. The van der Waals surface area contributed by atoms with Crippen LogP contribution in [-0.4, -0.2) is 9.38 Å². The monoisotopic (exact) mass is 404 g/mol. The average Bonchev–Trinajstić information content (AvgIpc) is 2.93. The number of hydrogen-bond donors (Lipinski definition) is 0. The molecule has 0 N–H and O–H groups in total. The van der Waals surface area contributed by atoms with Gasteiger partial charge in [0.15, 0.2) is 0 Å². The molecule has 3 heterocycles. The Labute approximate surface area is 143 Å². The van der Waals surface area contributed by atoms with Gasteiger partial charge in [0, 0.05) is 9.77 Å². The van der Waals surface area contributed by atoms with Gasteiger partial charge in [0.25, 0.3) is 0 Å². The first-order valence-corrected chi connectivity index (χ1v) is 8.46. The lowest BCUT2D eigenvalue weighted by Gasteiger charge is -2.21. The summed E-state index contributed by atoms with van der Waals surface area (Å²) in [6.07, 6.45) is 2.06. The van der Waals surface area contributed by atoms with E-state index in [0.717, 1.165) is 17.0 Å². The minimum atomic E-state index is -0.278. The van der Waals surface area contributed by atoms with Gasteiger partial charge < -0.3 is 4.74 Å². The van der Waals surface area contributed by atoms with Crippen LogP contribution in [0.25, 0.3) is 5.65 Å². The number of halogens is 1. The molecule has 1 atom stereocenters. The van der Waals surface area contributed by atoms with Crippen molar-refractivity contribution in [3.63, 3.8) is 0 Å². The summed E-state index contributed by atoms with van der Waals surface area (Å²) in [6, 6.07) is 12.6. The Morgan fingerprint density at radius 2 is 1.95 bits per heavy atom. The van der Waals surface area contributed by atoms with Crippen molar-refractivity contribution in [2.24, 2.45) is 0 Å². The van der Waals surface area contributed by atoms with Crippen LogP contribution in [-0.2, 0) is 10.3 Å². The highest BCUT2D eigenvalue weighted by Crippen LogP contribution is 2.46. The van der Waals surface area contributed by atoms with Crippen molar-refractivity contribution >= 4 is 28.2 Å². The molecule has 0 saturated heterocycles. The predicted octanol–water partition coefficient (Wildman–Crippen LogP) is 4.60. The first-order chi connectivity index (χ1) is 10.5. The SMILES string of the molecule is Cc1nc2ccc(I)cn2c1C1OC(C)(C)c2ccccc21. The standard InChI is InChI=1S/C18H17IN2O/c1-11-16(21-10-12(19)8-9-15(21)20-11)17-13-6-4-5-7-14(13)18(2,3)22-17/h4-10,17H,1-3H3. The Hall–Kier alpha value is -1.40. The Morgan fingerprint density at radius 3 is 2.77 bits per heavy atom. The largest absolute Gasteiger partial charge is 0.357 e. The molecule has 4 heteroatoms. The van der Waals surface area contributed by atoms with Crippen LogP contribution in [0.2, 0.25) is 0 Å². The van der Waals surface area contributed by atoms with Crippen LogP contribution in [0, 0.1) is 10.5 Å². The summed E-state index contributed by atoms with van der Waals surface area (Å²) in [6.45, 7) is 6.33. The molecule has 1 aliphatic rings. The summed E-state index contributed by atoms with van der Waals surface area (Å²) in [7, 11) is 0. The Bertz CT molecular complexity index is 882. The molecule has 0 spiro atoms.